The van der Waals surface area contributed by atoms with Crippen molar-refractivity contribution >= 4 is 22.8 Å². The van der Waals surface area contributed by atoms with Crippen molar-refractivity contribution < 1.29 is 23.5 Å². The van der Waals surface area contributed by atoms with Crippen LogP contribution in [0.4, 0.5) is 0 Å². The van der Waals surface area contributed by atoms with E-state index in [1.165, 1.54) is 6.07 Å². The lowest BCUT2D eigenvalue weighted by atomic mass is 9.95. The van der Waals surface area contributed by atoms with E-state index in [2.05, 4.69) is 19.2 Å². The number of carbonyl (C=O) groups is 2. The molecule has 186 valence electrons. The third-order valence-electron chi connectivity index (χ3n) is 5.85. The fraction of sp³-hybridized carbons (Fsp3) is 0.393. The van der Waals surface area contributed by atoms with Gasteiger partial charge in [-0.1, -0.05) is 39.8 Å². The van der Waals surface area contributed by atoms with Crippen molar-refractivity contribution in [3.63, 3.8) is 0 Å². The number of esters is 1. The molecule has 0 aliphatic rings. The highest BCUT2D eigenvalue weighted by Gasteiger charge is 2.27. The molecule has 0 spiro atoms. The molecule has 1 N–H and O–H groups in total. The van der Waals surface area contributed by atoms with Crippen LogP contribution in [0.5, 0.6) is 5.75 Å². The standard InChI is InChI=1S/C28H33NO6/c1-7-33-23-11-9-8-10-20(23)27(31)29-26(17(4)5)28(32)34-15-19-13-25(30)35-24-12-18(6)21(16(2)3)14-22(19)24/h8-14,16-17,26H,7,15H2,1-6H3,(H,29,31). The number of fused-ring (bicyclic) bond motifs is 1. The first kappa shape index (κ1) is 26.0. The average Bonchev–Trinajstić information content (AvgIpc) is 2.80. The van der Waals surface area contributed by atoms with Crippen molar-refractivity contribution in [1.82, 2.24) is 5.32 Å². The third kappa shape index (κ3) is 6.10. The summed E-state index contributed by atoms with van der Waals surface area (Å²) in [5, 5.41) is 3.50. The van der Waals surface area contributed by atoms with Gasteiger partial charge in [-0.15, -0.1) is 0 Å². The Kier molecular flexibility index (Phi) is 8.33. The van der Waals surface area contributed by atoms with E-state index < -0.39 is 23.5 Å². The molecule has 0 radical (unpaired) electrons. The number of ether oxygens (including phenoxy) is 2. The minimum Gasteiger partial charge on any atom is -0.493 e. The predicted octanol–water partition coefficient (Wildman–Crippen LogP) is 5.12. The maximum atomic E-state index is 13.0. The molecule has 0 saturated heterocycles. The van der Waals surface area contributed by atoms with E-state index >= 15 is 0 Å². The molecule has 0 aliphatic carbocycles. The van der Waals surface area contributed by atoms with Crippen LogP contribution in [0.25, 0.3) is 11.0 Å². The molecule has 1 heterocycles. The van der Waals surface area contributed by atoms with E-state index in [0.29, 0.717) is 29.1 Å². The number of amides is 1. The zero-order valence-corrected chi connectivity index (χ0v) is 21.1. The Morgan fingerprint density at radius 2 is 1.77 bits per heavy atom. The molecule has 3 rings (SSSR count). The fourth-order valence-corrected chi connectivity index (χ4v) is 4.02. The highest BCUT2D eigenvalue weighted by atomic mass is 16.5. The van der Waals surface area contributed by atoms with Crippen LogP contribution in [-0.4, -0.2) is 24.5 Å². The second-order valence-electron chi connectivity index (χ2n) is 9.18. The van der Waals surface area contributed by atoms with Crippen LogP contribution in [0.3, 0.4) is 0 Å². The minimum atomic E-state index is -0.878. The van der Waals surface area contributed by atoms with E-state index in [-0.39, 0.29) is 18.4 Å². The molecule has 1 aromatic heterocycles. The summed E-state index contributed by atoms with van der Waals surface area (Å²) in [5.74, 6) is -0.505. The average molecular weight is 480 g/mol. The molecular formula is C28H33NO6. The van der Waals surface area contributed by atoms with Crippen LogP contribution >= 0.6 is 0 Å². The summed E-state index contributed by atoms with van der Waals surface area (Å²) in [6.07, 6.45) is 0. The van der Waals surface area contributed by atoms with Gasteiger partial charge in [-0.2, -0.15) is 0 Å². The van der Waals surface area contributed by atoms with Gasteiger partial charge < -0.3 is 19.2 Å². The minimum absolute atomic E-state index is 0.115. The molecule has 0 fully saturated rings. The number of para-hydroxylation sites is 1. The van der Waals surface area contributed by atoms with Crippen molar-refractivity contribution in [3.8, 4) is 5.75 Å². The van der Waals surface area contributed by atoms with E-state index in [9.17, 15) is 14.4 Å². The third-order valence-corrected chi connectivity index (χ3v) is 5.85. The fourth-order valence-electron chi connectivity index (χ4n) is 4.02. The summed E-state index contributed by atoms with van der Waals surface area (Å²) in [6, 6.07) is 11.2. The SMILES string of the molecule is CCOc1ccccc1C(=O)NC(C(=O)OCc1cc(=O)oc2cc(C)c(C(C)C)cc12)C(C)C. The van der Waals surface area contributed by atoms with Gasteiger partial charge in [-0.05, 0) is 61.1 Å². The van der Waals surface area contributed by atoms with Gasteiger partial charge in [0.1, 0.15) is 24.0 Å². The van der Waals surface area contributed by atoms with Gasteiger partial charge in [0, 0.05) is 17.0 Å². The summed E-state index contributed by atoms with van der Waals surface area (Å²) >= 11 is 0. The van der Waals surface area contributed by atoms with Gasteiger partial charge >= 0.3 is 11.6 Å². The quantitative estimate of drug-likeness (QED) is 0.338. The monoisotopic (exact) mass is 479 g/mol. The topological polar surface area (TPSA) is 94.8 Å². The number of hydrogen-bond donors (Lipinski definition) is 1. The van der Waals surface area contributed by atoms with Crippen LogP contribution in [0.2, 0.25) is 0 Å². The number of hydrogen-bond acceptors (Lipinski definition) is 6. The Morgan fingerprint density at radius 3 is 2.43 bits per heavy atom. The van der Waals surface area contributed by atoms with Crippen molar-refractivity contribution in [2.45, 2.75) is 60.1 Å². The maximum Gasteiger partial charge on any atom is 0.336 e. The molecule has 35 heavy (non-hydrogen) atoms. The Morgan fingerprint density at radius 1 is 1.06 bits per heavy atom. The molecule has 7 nitrogen and oxygen atoms in total. The highest BCUT2D eigenvalue weighted by molar-refractivity contribution is 5.99. The summed E-state index contributed by atoms with van der Waals surface area (Å²) < 4.78 is 16.5. The van der Waals surface area contributed by atoms with E-state index in [1.807, 2.05) is 39.8 Å². The predicted molar refractivity (Wildman–Crippen MR) is 135 cm³/mol. The molecule has 1 unspecified atom stereocenters. The zero-order chi connectivity index (χ0) is 25.7. The second kappa shape index (κ2) is 11.2. The van der Waals surface area contributed by atoms with Crippen LogP contribution in [0.15, 0.2) is 51.7 Å². The lowest BCUT2D eigenvalue weighted by Crippen LogP contribution is -2.45. The van der Waals surface area contributed by atoms with Crippen LogP contribution < -0.4 is 15.7 Å². The molecular weight excluding hydrogens is 446 g/mol. The van der Waals surface area contributed by atoms with Gasteiger partial charge in [0.05, 0.1) is 12.2 Å². The van der Waals surface area contributed by atoms with Crippen molar-refractivity contribution in [2.75, 3.05) is 6.61 Å². The Balaban J connectivity index is 1.82. The van der Waals surface area contributed by atoms with Gasteiger partial charge in [-0.25, -0.2) is 9.59 Å². The molecule has 1 atom stereocenters. The Labute approximate surface area is 205 Å². The van der Waals surface area contributed by atoms with Gasteiger partial charge in [0.2, 0.25) is 0 Å². The number of nitrogens with one attached hydrogen (secondary N) is 1. The van der Waals surface area contributed by atoms with E-state index in [4.69, 9.17) is 13.9 Å². The van der Waals surface area contributed by atoms with Crippen molar-refractivity contribution in [2.24, 2.45) is 5.92 Å². The van der Waals surface area contributed by atoms with Crippen LogP contribution in [0.1, 0.15) is 67.6 Å². The molecule has 0 aliphatic heterocycles. The first-order chi connectivity index (χ1) is 16.6. The number of aryl methyl sites for hydroxylation is 1. The van der Waals surface area contributed by atoms with E-state index in [0.717, 1.165) is 16.5 Å². The smallest absolute Gasteiger partial charge is 0.336 e. The number of rotatable bonds is 9. The molecule has 3 aromatic rings. The number of carbonyl (C=O) groups excluding carboxylic acids is 2. The largest absolute Gasteiger partial charge is 0.493 e. The molecule has 0 bridgehead atoms. The first-order valence-electron chi connectivity index (χ1n) is 11.9. The van der Waals surface area contributed by atoms with Gasteiger partial charge in [0.15, 0.2) is 0 Å². The summed E-state index contributed by atoms with van der Waals surface area (Å²) in [5.41, 5.74) is 2.99. The van der Waals surface area contributed by atoms with E-state index in [1.54, 1.807) is 24.3 Å². The lowest BCUT2D eigenvalue weighted by Gasteiger charge is -2.22. The van der Waals surface area contributed by atoms with Crippen LogP contribution in [0, 0.1) is 12.8 Å². The second-order valence-corrected chi connectivity index (χ2v) is 9.18. The van der Waals surface area contributed by atoms with Gasteiger partial charge in [0.25, 0.3) is 5.91 Å². The Hall–Kier alpha value is -3.61. The Bertz CT molecular complexity index is 1270. The molecule has 1 amide bonds. The first-order valence-corrected chi connectivity index (χ1v) is 11.9. The van der Waals surface area contributed by atoms with Gasteiger partial charge in [-0.3, -0.25) is 4.79 Å². The van der Waals surface area contributed by atoms with Crippen molar-refractivity contribution in [1.29, 1.82) is 0 Å². The van der Waals surface area contributed by atoms with Crippen LogP contribution in [-0.2, 0) is 16.1 Å². The highest BCUT2D eigenvalue weighted by Crippen LogP contribution is 2.27. The lowest BCUT2D eigenvalue weighted by molar-refractivity contribution is -0.148. The molecule has 0 saturated carbocycles. The zero-order valence-electron chi connectivity index (χ0n) is 21.1. The summed E-state index contributed by atoms with van der Waals surface area (Å²) in [6.45, 7) is 11.9. The number of benzene rings is 2. The molecule has 2 aromatic carbocycles. The normalized spacial score (nSPS) is 12.1. The summed E-state index contributed by atoms with van der Waals surface area (Å²) in [4.78, 5) is 38.1. The molecule has 7 heteroatoms. The maximum absolute atomic E-state index is 13.0. The van der Waals surface area contributed by atoms with Crippen molar-refractivity contribution in [3.05, 3.63) is 75.1 Å². The summed E-state index contributed by atoms with van der Waals surface area (Å²) in [7, 11) is 0.